The van der Waals surface area contributed by atoms with E-state index in [0.717, 1.165) is 31.6 Å². The van der Waals surface area contributed by atoms with Crippen molar-refractivity contribution in [1.82, 2.24) is 15.0 Å². The molecule has 138 valence electrons. The number of aromatic nitrogens is 2. The van der Waals surface area contributed by atoms with Crippen molar-refractivity contribution < 1.29 is 17.7 Å². The molecule has 0 saturated carbocycles. The van der Waals surface area contributed by atoms with Gasteiger partial charge in [0.25, 0.3) is 0 Å². The summed E-state index contributed by atoms with van der Waals surface area (Å²) in [5.41, 5.74) is 5.69. The lowest BCUT2D eigenvalue weighted by Gasteiger charge is -2.21. The van der Waals surface area contributed by atoms with Crippen LogP contribution >= 0.6 is 12.4 Å². The summed E-state index contributed by atoms with van der Waals surface area (Å²) in [6.07, 6.45) is -3.34. The van der Waals surface area contributed by atoms with Crippen LogP contribution < -0.4 is 5.73 Å². The van der Waals surface area contributed by atoms with Crippen LogP contribution in [0.2, 0.25) is 0 Å². The van der Waals surface area contributed by atoms with Crippen molar-refractivity contribution in [2.75, 3.05) is 19.6 Å². The summed E-state index contributed by atoms with van der Waals surface area (Å²) in [5, 5.41) is 3.86. The molecule has 3 rings (SSSR count). The van der Waals surface area contributed by atoms with Gasteiger partial charge in [0, 0.05) is 12.1 Å². The molecular weight excluding hydrogens is 357 g/mol. The number of likely N-dealkylation sites (tertiary alicyclic amines) is 1. The summed E-state index contributed by atoms with van der Waals surface area (Å²) < 4.78 is 43.0. The maximum absolute atomic E-state index is 12.6. The molecule has 0 aliphatic carbocycles. The molecule has 1 fully saturated rings. The van der Waals surface area contributed by atoms with Crippen molar-refractivity contribution in [2.45, 2.75) is 26.1 Å². The summed E-state index contributed by atoms with van der Waals surface area (Å²) in [4.78, 5) is 6.47. The fraction of sp³-hybridized carbons (Fsp3) is 0.500. The number of nitrogens with zero attached hydrogens (tertiary/aromatic N) is 3. The molecule has 1 aliphatic heterocycles. The average Bonchev–Trinajstić information content (AvgIpc) is 3.15. The Kier molecular flexibility index (Phi) is 5.75. The van der Waals surface area contributed by atoms with Gasteiger partial charge in [-0.1, -0.05) is 24.2 Å². The largest absolute Gasteiger partial charge is 0.416 e. The average molecular weight is 377 g/mol. The minimum atomic E-state index is -4.35. The van der Waals surface area contributed by atoms with E-state index in [0.29, 0.717) is 30.4 Å². The van der Waals surface area contributed by atoms with Gasteiger partial charge in [0.1, 0.15) is 0 Å². The molecule has 0 spiro atoms. The van der Waals surface area contributed by atoms with E-state index >= 15 is 0 Å². The molecule has 1 unspecified atom stereocenters. The fourth-order valence-electron chi connectivity index (χ4n) is 2.86. The van der Waals surface area contributed by atoms with Gasteiger partial charge in [0.05, 0.1) is 12.1 Å². The highest BCUT2D eigenvalue weighted by molar-refractivity contribution is 5.85. The topological polar surface area (TPSA) is 68.2 Å². The quantitative estimate of drug-likeness (QED) is 0.886. The zero-order chi connectivity index (χ0) is 17.4. The molecule has 1 atom stereocenters. The molecule has 2 heterocycles. The summed E-state index contributed by atoms with van der Waals surface area (Å²) in [7, 11) is 0. The van der Waals surface area contributed by atoms with Gasteiger partial charge in [-0.05, 0) is 37.1 Å². The zero-order valence-corrected chi connectivity index (χ0v) is 14.5. The Labute approximate surface area is 149 Å². The molecule has 0 radical (unpaired) electrons. The lowest BCUT2D eigenvalue weighted by molar-refractivity contribution is -0.137. The predicted octanol–water partition coefficient (Wildman–Crippen LogP) is 3.35. The summed E-state index contributed by atoms with van der Waals surface area (Å²) in [5.74, 6) is 0.741. The minimum absolute atomic E-state index is 0. The van der Waals surface area contributed by atoms with E-state index in [1.165, 1.54) is 12.1 Å². The van der Waals surface area contributed by atoms with E-state index in [1.54, 1.807) is 0 Å². The fourth-order valence-corrected chi connectivity index (χ4v) is 2.86. The van der Waals surface area contributed by atoms with Crippen molar-refractivity contribution in [2.24, 2.45) is 11.1 Å². The SMILES string of the molecule is CC1(CN)CCN(Cc2nc(-c3ccc(C(F)(F)F)cc3)no2)C1.Cl. The third-order valence-corrected chi connectivity index (χ3v) is 4.43. The Morgan fingerprint density at radius 1 is 1.28 bits per heavy atom. The van der Waals surface area contributed by atoms with Crippen LogP contribution in [-0.4, -0.2) is 34.7 Å². The molecule has 5 nitrogen and oxygen atoms in total. The Bertz CT molecular complexity index is 704. The van der Waals surface area contributed by atoms with Crippen LogP contribution in [0.25, 0.3) is 11.4 Å². The first-order valence-corrected chi connectivity index (χ1v) is 7.72. The smallest absolute Gasteiger partial charge is 0.338 e. The Balaban J connectivity index is 0.00000225. The van der Waals surface area contributed by atoms with Crippen LogP contribution in [0.3, 0.4) is 0 Å². The second kappa shape index (κ2) is 7.31. The van der Waals surface area contributed by atoms with Crippen molar-refractivity contribution in [1.29, 1.82) is 0 Å². The zero-order valence-electron chi connectivity index (χ0n) is 13.7. The second-order valence-electron chi connectivity index (χ2n) is 6.56. The van der Waals surface area contributed by atoms with Crippen LogP contribution in [0.1, 0.15) is 24.8 Å². The van der Waals surface area contributed by atoms with Crippen molar-refractivity contribution in [3.63, 3.8) is 0 Å². The number of nitrogens with two attached hydrogens (primary N) is 1. The van der Waals surface area contributed by atoms with Crippen LogP contribution in [-0.2, 0) is 12.7 Å². The van der Waals surface area contributed by atoms with Gasteiger partial charge in [-0.15, -0.1) is 12.4 Å². The van der Waals surface area contributed by atoms with Crippen LogP contribution in [0, 0.1) is 5.41 Å². The molecule has 25 heavy (non-hydrogen) atoms. The highest BCUT2D eigenvalue weighted by Crippen LogP contribution is 2.31. The van der Waals surface area contributed by atoms with E-state index in [-0.39, 0.29) is 17.8 Å². The lowest BCUT2D eigenvalue weighted by atomic mass is 9.90. The van der Waals surface area contributed by atoms with Crippen LogP contribution in [0.5, 0.6) is 0 Å². The summed E-state index contributed by atoms with van der Waals surface area (Å²) in [6.45, 7) is 5.06. The van der Waals surface area contributed by atoms with E-state index < -0.39 is 11.7 Å². The molecule has 2 N–H and O–H groups in total. The second-order valence-corrected chi connectivity index (χ2v) is 6.56. The van der Waals surface area contributed by atoms with E-state index in [9.17, 15) is 13.2 Å². The van der Waals surface area contributed by atoms with Gasteiger partial charge in [-0.2, -0.15) is 18.2 Å². The van der Waals surface area contributed by atoms with E-state index in [4.69, 9.17) is 10.3 Å². The van der Waals surface area contributed by atoms with Gasteiger partial charge in [-0.25, -0.2) is 0 Å². The third kappa shape index (κ3) is 4.50. The highest BCUT2D eigenvalue weighted by Gasteiger charge is 2.33. The Morgan fingerprint density at radius 3 is 2.52 bits per heavy atom. The van der Waals surface area contributed by atoms with E-state index in [2.05, 4.69) is 22.0 Å². The Hall–Kier alpha value is -1.64. The first kappa shape index (κ1) is 19.7. The Morgan fingerprint density at radius 2 is 1.96 bits per heavy atom. The minimum Gasteiger partial charge on any atom is -0.338 e. The van der Waals surface area contributed by atoms with Crippen molar-refractivity contribution in [3.05, 3.63) is 35.7 Å². The van der Waals surface area contributed by atoms with Crippen molar-refractivity contribution in [3.8, 4) is 11.4 Å². The first-order chi connectivity index (χ1) is 11.3. The molecule has 9 heteroatoms. The maximum Gasteiger partial charge on any atom is 0.416 e. The molecule has 0 amide bonds. The van der Waals surface area contributed by atoms with Gasteiger partial charge in [0.15, 0.2) is 0 Å². The molecular formula is C16H20ClF3N4O. The first-order valence-electron chi connectivity index (χ1n) is 7.72. The third-order valence-electron chi connectivity index (χ3n) is 4.43. The molecule has 0 bridgehead atoms. The number of hydrogen-bond donors (Lipinski definition) is 1. The predicted molar refractivity (Wildman–Crippen MR) is 89.0 cm³/mol. The molecule has 1 aromatic carbocycles. The van der Waals surface area contributed by atoms with Gasteiger partial charge in [0.2, 0.25) is 11.7 Å². The van der Waals surface area contributed by atoms with Crippen molar-refractivity contribution >= 4 is 12.4 Å². The number of benzene rings is 1. The summed E-state index contributed by atoms with van der Waals surface area (Å²) >= 11 is 0. The highest BCUT2D eigenvalue weighted by atomic mass is 35.5. The van der Waals surface area contributed by atoms with Gasteiger partial charge >= 0.3 is 6.18 Å². The lowest BCUT2D eigenvalue weighted by Crippen LogP contribution is -2.31. The number of alkyl halides is 3. The molecule has 1 saturated heterocycles. The standard InChI is InChI=1S/C16H19F3N4O.ClH/c1-15(9-20)6-7-23(10-15)8-13-21-14(22-24-13)11-2-4-12(5-3-11)16(17,18)19;/h2-5H,6-10,20H2,1H3;1H. The van der Waals surface area contributed by atoms with Gasteiger partial charge in [-0.3, -0.25) is 4.90 Å². The monoisotopic (exact) mass is 376 g/mol. The number of hydrogen-bond acceptors (Lipinski definition) is 5. The molecule has 1 aromatic heterocycles. The number of rotatable bonds is 4. The van der Waals surface area contributed by atoms with E-state index in [1.807, 2.05) is 0 Å². The maximum atomic E-state index is 12.6. The molecule has 1 aliphatic rings. The molecule has 2 aromatic rings. The normalized spacial score (nSPS) is 21.3. The summed E-state index contributed by atoms with van der Waals surface area (Å²) in [6, 6.07) is 4.72. The van der Waals surface area contributed by atoms with Gasteiger partial charge < -0.3 is 10.3 Å². The number of halogens is 4. The van der Waals surface area contributed by atoms with Crippen LogP contribution in [0.15, 0.2) is 28.8 Å². The van der Waals surface area contributed by atoms with Crippen LogP contribution in [0.4, 0.5) is 13.2 Å².